The van der Waals surface area contributed by atoms with Gasteiger partial charge < -0.3 is 67.9 Å². The number of aromatic nitrogens is 2. The van der Waals surface area contributed by atoms with Crippen LogP contribution >= 0.6 is 0 Å². The van der Waals surface area contributed by atoms with Crippen molar-refractivity contribution in [2.24, 2.45) is 0 Å². The molecule has 4 nitrogen and oxygen atoms in total. The first-order valence-corrected chi connectivity index (χ1v) is 17.9. The van der Waals surface area contributed by atoms with E-state index in [0.717, 1.165) is 11.6 Å². The maximum absolute atomic E-state index is 4.73. The van der Waals surface area contributed by atoms with Gasteiger partial charge in [0, 0.05) is 67.4 Å². The van der Waals surface area contributed by atoms with Crippen LogP contribution in [-0.4, -0.2) is 22.4 Å². The molecule has 0 unspecified atom stereocenters. The third kappa shape index (κ3) is 12.4. The van der Waals surface area contributed by atoms with E-state index in [0.29, 0.717) is 23.7 Å². The molecule has 0 aliphatic carbocycles. The number of hydrogen-bond acceptors (Lipinski definition) is 2. The van der Waals surface area contributed by atoms with Crippen LogP contribution in [0.4, 0.5) is 23.0 Å². The van der Waals surface area contributed by atoms with Crippen LogP contribution in [0.5, 0.6) is 0 Å². The first-order chi connectivity index (χ1) is 23.5. The van der Waals surface area contributed by atoms with Gasteiger partial charge in [0.1, 0.15) is 23.8 Å². The van der Waals surface area contributed by atoms with Crippen molar-refractivity contribution >= 4 is 35.4 Å². The van der Waals surface area contributed by atoms with Crippen molar-refractivity contribution in [3.8, 4) is 22.3 Å². The van der Waals surface area contributed by atoms with Gasteiger partial charge in [0.2, 0.25) is 0 Å². The molecular weight excluding hydrogens is 1030 g/mol. The number of nitrogens with zero attached hydrogens (tertiary/aromatic N) is 4. The molecule has 3 aromatic carbocycles. The average Bonchev–Trinajstić information content (AvgIpc) is 3.09. The van der Waals surface area contributed by atoms with Crippen molar-refractivity contribution in [1.82, 2.24) is 19.1 Å². The van der Waals surface area contributed by atoms with Crippen LogP contribution < -0.4 is 77.1 Å². The van der Waals surface area contributed by atoms with E-state index < -0.39 is 0 Å². The Morgan fingerprint density at radius 1 is 0.473 bits per heavy atom. The molecule has 5 aromatic rings. The summed E-state index contributed by atoms with van der Waals surface area (Å²) in [4.78, 5) is 9.46. The first-order valence-electron chi connectivity index (χ1n) is 17.9. The molecule has 0 spiro atoms. The molecule has 2 heterocycles. The van der Waals surface area contributed by atoms with E-state index >= 15 is 0 Å². The van der Waals surface area contributed by atoms with Crippen LogP contribution in [0.3, 0.4) is 0 Å². The average molecular weight is 1090 g/mol. The predicted molar refractivity (Wildman–Crippen MR) is 213 cm³/mol. The number of aryl methyl sites for hydroxylation is 1. The summed E-state index contributed by atoms with van der Waals surface area (Å²) in [6.07, 6.45) is 8.04. The molecule has 0 radical (unpaired) electrons. The van der Waals surface area contributed by atoms with E-state index in [2.05, 4.69) is 164 Å². The third-order valence-electron chi connectivity index (χ3n) is 9.50. The molecule has 0 amide bonds. The molecule has 0 aliphatic rings. The number of benzene rings is 3. The van der Waals surface area contributed by atoms with Gasteiger partial charge in [-0.25, -0.2) is 9.15 Å². The topological polar surface area (TPSA) is 31.8 Å². The quantitative estimate of drug-likeness (QED) is 0.116. The van der Waals surface area contributed by atoms with Crippen molar-refractivity contribution in [2.45, 2.75) is 99.8 Å². The summed E-state index contributed by atoms with van der Waals surface area (Å²) >= 11 is 0. The number of hydrogen-bond donors (Lipinski definition) is 0. The zero-order valence-corrected chi connectivity index (χ0v) is 41.9. The molecule has 2 aromatic heterocycles. The van der Waals surface area contributed by atoms with Gasteiger partial charge in [0.15, 0.2) is 0 Å². The van der Waals surface area contributed by atoms with E-state index in [1.807, 2.05) is 24.5 Å². The van der Waals surface area contributed by atoms with Crippen LogP contribution in [-0.2, 0) is 33.0 Å². The number of halogens is 4. The SMILES string of the molecule is CC=[N+](c1ccccn1)c1c(C(C)C)cc(-c2ccc(C)c(-c3cc(C(C)C)c([N+](=CC)c4ccccn4)c(C(C)C)c3)c2)cc1C(C)C.[Br-].[Br-].[Br-].[Br-].[Ni].[Ni]. The zero-order valence-electron chi connectivity index (χ0n) is 33.6. The van der Waals surface area contributed by atoms with Gasteiger partial charge in [0.25, 0.3) is 0 Å². The maximum Gasteiger partial charge on any atom is 0.327 e. The van der Waals surface area contributed by atoms with Gasteiger partial charge in [-0.05, 0) is 125 Å². The van der Waals surface area contributed by atoms with Crippen molar-refractivity contribution in [3.63, 3.8) is 0 Å². The van der Waals surface area contributed by atoms with E-state index in [1.165, 1.54) is 61.4 Å². The molecule has 0 bridgehead atoms. The summed E-state index contributed by atoms with van der Waals surface area (Å²) in [6, 6.07) is 28.9. The van der Waals surface area contributed by atoms with Crippen molar-refractivity contribution in [3.05, 3.63) is 119 Å². The van der Waals surface area contributed by atoms with Gasteiger partial charge in [0.05, 0.1) is 12.4 Å². The monoisotopic (exact) mass is 1080 g/mol. The Labute approximate surface area is 393 Å². The van der Waals surface area contributed by atoms with Gasteiger partial charge in [-0.1, -0.05) is 79.7 Å². The summed E-state index contributed by atoms with van der Waals surface area (Å²) in [6.45, 7) is 24.8. The summed E-state index contributed by atoms with van der Waals surface area (Å²) in [5, 5.41) is 0. The minimum absolute atomic E-state index is 0. The molecule has 0 aliphatic heterocycles. The molecular formula is C45H54Br4N4Ni2-2. The van der Waals surface area contributed by atoms with Gasteiger partial charge in [-0.3, -0.25) is 0 Å². The fraction of sp³-hybridized carbons (Fsp3) is 0.333. The van der Waals surface area contributed by atoms with E-state index in [-0.39, 0.29) is 101 Å². The molecule has 0 fully saturated rings. The fourth-order valence-electron chi connectivity index (χ4n) is 6.86. The molecule has 10 heteroatoms. The fourth-order valence-corrected chi connectivity index (χ4v) is 6.86. The van der Waals surface area contributed by atoms with Gasteiger partial charge in [-0.2, -0.15) is 0 Å². The Balaban J connectivity index is 0. The second kappa shape index (κ2) is 24.9. The van der Waals surface area contributed by atoms with Crippen LogP contribution in [0.25, 0.3) is 22.3 Å². The van der Waals surface area contributed by atoms with Crippen LogP contribution in [0.15, 0.2) is 91.3 Å². The molecule has 0 saturated heterocycles. The minimum Gasteiger partial charge on any atom is -1.00 e. The Morgan fingerprint density at radius 2 is 0.836 bits per heavy atom. The van der Waals surface area contributed by atoms with E-state index in [9.17, 15) is 0 Å². The second-order valence-electron chi connectivity index (χ2n) is 14.3. The molecule has 0 saturated carbocycles. The Bertz CT molecular complexity index is 1960. The zero-order chi connectivity index (χ0) is 35.4. The summed E-state index contributed by atoms with van der Waals surface area (Å²) in [5.74, 6) is 3.19. The molecule has 5 rings (SSSR count). The van der Waals surface area contributed by atoms with Crippen molar-refractivity contribution in [2.75, 3.05) is 0 Å². The number of pyridine rings is 2. The largest absolute Gasteiger partial charge is 1.00 e. The number of rotatable bonds is 10. The normalized spacial score (nSPS) is 11.2. The molecule has 0 N–H and O–H groups in total. The molecule has 0 atom stereocenters. The van der Waals surface area contributed by atoms with Gasteiger partial charge >= 0.3 is 11.6 Å². The molecule has 55 heavy (non-hydrogen) atoms. The standard InChI is InChI=1S/C45H54N4.4BrH.2Ni/c1-12-48(42-18-14-16-22-46-42)44-37(29(3)4)25-35(26-38(44)30(5)6)34-21-20-33(11)41(24-34)36-27-39(31(7)8)45(40(28-36)32(9)10)49(13-2)43-19-15-17-23-47-43;;;;;;/h12-32H,1-11H3;4*1H;;/q+2;;;;;;/p-4. The van der Waals surface area contributed by atoms with Crippen molar-refractivity contribution in [1.29, 1.82) is 0 Å². The van der Waals surface area contributed by atoms with Crippen LogP contribution in [0.2, 0.25) is 0 Å². The first kappa shape index (κ1) is 55.3. The van der Waals surface area contributed by atoms with Crippen molar-refractivity contribution < 1.29 is 101 Å². The van der Waals surface area contributed by atoms with Crippen LogP contribution in [0.1, 0.15) is 121 Å². The minimum atomic E-state index is 0. The second-order valence-corrected chi connectivity index (χ2v) is 14.3. The smallest absolute Gasteiger partial charge is 0.327 e. The van der Waals surface area contributed by atoms with Crippen LogP contribution in [0, 0.1) is 6.92 Å². The summed E-state index contributed by atoms with van der Waals surface area (Å²) in [5.41, 5.74) is 14.1. The summed E-state index contributed by atoms with van der Waals surface area (Å²) in [7, 11) is 0. The van der Waals surface area contributed by atoms with E-state index in [1.54, 1.807) is 0 Å². The Hall–Kier alpha value is -1.79. The Kier molecular flexibility index (Phi) is 25.0. The van der Waals surface area contributed by atoms with Gasteiger partial charge in [-0.15, -0.1) is 0 Å². The molecule has 304 valence electrons. The predicted octanol–water partition coefficient (Wildman–Crippen LogP) is 0.474. The van der Waals surface area contributed by atoms with E-state index in [4.69, 9.17) is 9.97 Å². The third-order valence-corrected chi connectivity index (χ3v) is 9.50. The summed E-state index contributed by atoms with van der Waals surface area (Å²) < 4.78 is 4.53. The Morgan fingerprint density at radius 3 is 1.15 bits per heavy atom. The maximum atomic E-state index is 4.73.